The van der Waals surface area contributed by atoms with E-state index in [2.05, 4.69) is 5.18 Å². The fourth-order valence-electron chi connectivity index (χ4n) is 2.22. The van der Waals surface area contributed by atoms with Gasteiger partial charge in [-0.25, -0.2) is 0 Å². The van der Waals surface area contributed by atoms with Crippen molar-refractivity contribution in [2.24, 2.45) is 10.9 Å². The van der Waals surface area contributed by atoms with Crippen LogP contribution in [0.3, 0.4) is 0 Å². The third kappa shape index (κ3) is 4.86. The molecule has 1 aliphatic heterocycles. The van der Waals surface area contributed by atoms with Crippen LogP contribution < -0.4 is 5.73 Å². The summed E-state index contributed by atoms with van der Waals surface area (Å²) in [5, 5.41) is 69.5. The van der Waals surface area contributed by atoms with E-state index in [1.54, 1.807) is 0 Å². The van der Waals surface area contributed by atoms with Crippen LogP contribution in [0.5, 0.6) is 0 Å². The van der Waals surface area contributed by atoms with Crippen molar-refractivity contribution < 1.29 is 45.2 Å². The minimum atomic E-state index is -1.80. The van der Waals surface area contributed by atoms with Crippen LogP contribution in [0.2, 0.25) is 0 Å². The van der Waals surface area contributed by atoms with Crippen LogP contribution in [0.15, 0.2) is 5.18 Å². The smallest absolute Gasteiger partial charge is 0.186 e. The van der Waals surface area contributed by atoms with Gasteiger partial charge in [0.15, 0.2) is 6.29 Å². The maximum Gasteiger partial charge on any atom is 0.186 e. The van der Waals surface area contributed by atoms with Crippen LogP contribution >= 0.6 is 0 Å². The van der Waals surface area contributed by atoms with Crippen molar-refractivity contribution in [2.45, 2.75) is 55.1 Å². The van der Waals surface area contributed by atoms with Crippen molar-refractivity contribution in [1.82, 2.24) is 0 Å². The van der Waals surface area contributed by atoms with E-state index in [1.165, 1.54) is 0 Å². The first-order valence-corrected chi connectivity index (χ1v) is 7.27. The molecule has 3 unspecified atom stereocenters. The Bertz CT molecular complexity index is 387. The van der Waals surface area contributed by atoms with Crippen LogP contribution in [0.4, 0.5) is 0 Å². The summed E-state index contributed by atoms with van der Waals surface area (Å²) in [6.07, 6.45) is -12.6. The Morgan fingerprint density at radius 2 is 1.71 bits per heavy atom. The topological polar surface area (TPSA) is 216 Å². The largest absolute Gasteiger partial charge is 0.394 e. The van der Waals surface area contributed by atoms with Gasteiger partial charge < -0.3 is 51.0 Å². The van der Waals surface area contributed by atoms with Crippen LogP contribution in [0.1, 0.15) is 0 Å². The molecule has 0 aromatic carbocycles. The molecule has 0 aromatic heterocycles. The molecule has 0 bridgehead atoms. The Kier molecular flexibility index (Phi) is 8.52. The van der Waals surface area contributed by atoms with Gasteiger partial charge in [0.2, 0.25) is 0 Å². The lowest BCUT2D eigenvalue weighted by molar-refractivity contribution is -0.306. The van der Waals surface area contributed by atoms with Crippen LogP contribution in [0.25, 0.3) is 0 Å². The maximum absolute atomic E-state index is 10.6. The summed E-state index contributed by atoms with van der Waals surface area (Å²) < 4.78 is 10.1. The van der Waals surface area contributed by atoms with Gasteiger partial charge in [-0.05, 0) is 0 Å². The second kappa shape index (κ2) is 9.62. The van der Waals surface area contributed by atoms with Crippen LogP contribution in [-0.2, 0) is 9.47 Å². The molecule has 1 rings (SSSR count). The van der Waals surface area contributed by atoms with E-state index in [0.29, 0.717) is 0 Å². The average Bonchev–Trinajstić information content (AvgIpc) is 2.59. The molecule has 0 saturated carbocycles. The summed E-state index contributed by atoms with van der Waals surface area (Å²) in [6, 6.07) is -1.59. The van der Waals surface area contributed by atoms with Crippen molar-refractivity contribution in [3.63, 3.8) is 0 Å². The summed E-state index contributed by atoms with van der Waals surface area (Å²) in [7, 11) is 0. The molecule has 1 saturated heterocycles. The van der Waals surface area contributed by atoms with Gasteiger partial charge in [0.1, 0.15) is 42.7 Å². The van der Waals surface area contributed by atoms with E-state index in [0.717, 1.165) is 0 Å². The molecule has 12 heteroatoms. The minimum absolute atomic E-state index is 0.367. The highest BCUT2D eigenvalue weighted by atomic mass is 16.7. The van der Waals surface area contributed by atoms with Crippen molar-refractivity contribution in [2.75, 3.05) is 19.8 Å². The molecule has 24 heavy (non-hydrogen) atoms. The first-order valence-electron chi connectivity index (χ1n) is 7.27. The molecule has 12 nitrogen and oxygen atoms in total. The SMILES string of the molecule is NC[C@H](O)[C@@H](N=O)[C@H](O)[C@H](O)CO[C@H]1OC(CO)[C@@H](O)C(O)C1O. The molecule has 0 aromatic rings. The fourth-order valence-corrected chi connectivity index (χ4v) is 2.22. The van der Waals surface area contributed by atoms with Crippen molar-refractivity contribution in [3.05, 3.63) is 4.91 Å². The van der Waals surface area contributed by atoms with E-state index in [-0.39, 0.29) is 6.54 Å². The van der Waals surface area contributed by atoms with E-state index >= 15 is 0 Å². The second-order valence-electron chi connectivity index (χ2n) is 5.49. The molecular formula is C12H24N2O10. The van der Waals surface area contributed by atoms with Gasteiger partial charge in [-0.2, -0.15) is 4.91 Å². The summed E-state index contributed by atoms with van der Waals surface area (Å²) >= 11 is 0. The molecule has 142 valence electrons. The highest BCUT2D eigenvalue weighted by Gasteiger charge is 2.44. The lowest BCUT2D eigenvalue weighted by atomic mass is 9.99. The van der Waals surface area contributed by atoms with Crippen LogP contribution in [0, 0.1) is 4.91 Å². The number of nitrogens with zero attached hydrogens (tertiary/aromatic N) is 1. The molecular weight excluding hydrogens is 332 g/mol. The average molecular weight is 356 g/mol. The number of rotatable bonds is 9. The Balaban J connectivity index is 2.61. The lowest BCUT2D eigenvalue weighted by Gasteiger charge is -2.40. The molecule has 1 heterocycles. The molecule has 9 atom stereocenters. The summed E-state index contributed by atoms with van der Waals surface area (Å²) in [5.74, 6) is 0. The van der Waals surface area contributed by atoms with E-state index in [1.807, 2.05) is 0 Å². The van der Waals surface area contributed by atoms with Gasteiger partial charge in [-0.3, -0.25) is 0 Å². The Morgan fingerprint density at radius 1 is 1.08 bits per heavy atom. The van der Waals surface area contributed by atoms with E-state index in [9.17, 15) is 35.5 Å². The van der Waals surface area contributed by atoms with Crippen molar-refractivity contribution in [1.29, 1.82) is 0 Å². The monoisotopic (exact) mass is 356 g/mol. The number of nitroso groups, excluding NO2 is 1. The van der Waals surface area contributed by atoms with E-state index in [4.69, 9.17) is 20.3 Å². The summed E-state index contributed by atoms with van der Waals surface area (Å²) in [5.41, 5.74) is 5.15. The van der Waals surface area contributed by atoms with E-state index < -0.39 is 68.3 Å². The zero-order valence-corrected chi connectivity index (χ0v) is 12.7. The molecule has 1 aliphatic rings. The molecule has 0 aliphatic carbocycles. The third-order valence-corrected chi connectivity index (χ3v) is 3.78. The normalized spacial score (nSPS) is 35.9. The summed E-state index contributed by atoms with van der Waals surface area (Å²) in [6.45, 7) is -1.68. The van der Waals surface area contributed by atoms with Crippen molar-refractivity contribution in [3.8, 4) is 0 Å². The molecule has 0 radical (unpaired) electrons. The van der Waals surface area contributed by atoms with Gasteiger partial charge in [-0.15, -0.1) is 0 Å². The number of hydrogen-bond acceptors (Lipinski definition) is 12. The van der Waals surface area contributed by atoms with Gasteiger partial charge in [0.25, 0.3) is 0 Å². The fraction of sp³-hybridized carbons (Fsp3) is 1.00. The number of hydrogen-bond donors (Lipinski definition) is 8. The highest BCUT2D eigenvalue weighted by molar-refractivity contribution is 4.90. The van der Waals surface area contributed by atoms with Gasteiger partial charge in [0, 0.05) is 6.54 Å². The number of nitrogens with two attached hydrogens (primary N) is 1. The quantitative estimate of drug-likeness (QED) is 0.183. The number of aliphatic hydroxyl groups excluding tert-OH is 7. The standard InChI is InChI=1S/C12H24N2O10/c13-1-4(16)7(14-22)8(18)5(17)3-23-12-11(21)10(20)9(19)6(2-15)24-12/h4-12,15-21H,1-3,13H2/t4-,5+,6?,7+,8+,9+,10?,11?,12-/m0/s1. The predicted octanol–water partition coefficient (Wildman–Crippen LogP) is -5.02. The molecule has 1 fully saturated rings. The van der Waals surface area contributed by atoms with Crippen LogP contribution in [-0.4, -0.2) is 111 Å². The predicted molar refractivity (Wildman–Crippen MR) is 76.4 cm³/mol. The first kappa shape index (κ1) is 21.2. The Hall–Kier alpha value is -0.800. The number of aliphatic hydroxyl groups is 7. The van der Waals surface area contributed by atoms with Gasteiger partial charge in [-0.1, -0.05) is 5.18 Å². The maximum atomic E-state index is 10.6. The third-order valence-electron chi connectivity index (χ3n) is 3.78. The second-order valence-corrected chi connectivity index (χ2v) is 5.49. The highest BCUT2D eigenvalue weighted by Crippen LogP contribution is 2.22. The Labute approximate surface area is 137 Å². The zero-order chi connectivity index (χ0) is 18.4. The molecule has 0 spiro atoms. The number of ether oxygens (including phenoxy) is 2. The molecule has 0 amide bonds. The van der Waals surface area contributed by atoms with Crippen molar-refractivity contribution >= 4 is 0 Å². The minimum Gasteiger partial charge on any atom is -0.394 e. The Morgan fingerprint density at radius 3 is 2.21 bits per heavy atom. The lowest BCUT2D eigenvalue weighted by Crippen LogP contribution is -2.59. The first-order chi connectivity index (χ1) is 11.3. The molecule has 9 N–H and O–H groups in total. The summed E-state index contributed by atoms with van der Waals surface area (Å²) in [4.78, 5) is 10.6. The van der Waals surface area contributed by atoms with Gasteiger partial charge in [0.05, 0.1) is 19.3 Å². The van der Waals surface area contributed by atoms with Gasteiger partial charge >= 0.3 is 0 Å². The zero-order valence-electron chi connectivity index (χ0n) is 12.7.